The Morgan fingerprint density at radius 1 is 1.19 bits per heavy atom. The quantitative estimate of drug-likeness (QED) is 0.717. The molecule has 1 aliphatic rings. The topological polar surface area (TPSA) is 0 Å². The number of rotatable bonds is 3. The van der Waals surface area contributed by atoms with Crippen molar-refractivity contribution in [2.75, 3.05) is 0 Å². The minimum Gasteiger partial charge on any atom is -0.166 e. The fraction of sp³-hybridized carbons (Fsp3) is 0.538. The molecule has 1 aliphatic carbocycles. The first-order valence-electron chi connectivity index (χ1n) is 5.72. The van der Waals surface area contributed by atoms with E-state index in [1.165, 1.54) is 31.4 Å². The number of benzene rings is 1. The molecule has 0 saturated heterocycles. The van der Waals surface area contributed by atoms with Gasteiger partial charge in [-0.05, 0) is 30.4 Å². The number of aryl methyl sites for hydroxylation is 1. The molecule has 0 radical (unpaired) electrons. The zero-order chi connectivity index (χ0) is 11.6. The van der Waals surface area contributed by atoms with E-state index in [-0.39, 0.29) is 0 Å². The van der Waals surface area contributed by atoms with E-state index in [2.05, 4.69) is 0 Å². The van der Waals surface area contributed by atoms with E-state index < -0.39 is 11.7 Å². The van der Waals surface area contributed by atoms with E-state index in [1.54, 1.807) is 6.07 Å². The largest absolute Gasteiger partial charge is 0.416 e. The lowest BCUT2D eigenvalue weighted by molar-refractivity contribution is -0.137. The highest BCUT2D eigenvalue weighted by molar-refractivity contribution is 5.25. The summed E-state index contributed by atoms with van der Waals surface area (Å²) in [6.45, 7) is 0. The summed E-state index contributed by atoms with van der Waals surface area (Å²) in [6.07, 6.45) is 1.37. The van der Waals surface area contributed by atoms with Crippen LogP contribution >= 0.6 is 0 Å². The van der Waals surface area contributed by atoms with E-state index in [1.807, 2.05) is 0 Å². The molecule has 0 aromatic heterocycles. The van der Waals surface area contributed by atoms with E-state index in [9.17, 15) is 13.2 Å². The molecule has 2 rings (SSSR count). The molecule has 0 atom stereocenters. The van der Waals surface area contributed by atoms with Gasteiger partial charge in [0.1, 0.15) is 0 Å². The molecule has 16 heavy (non-hydrogen) atoms. The van der Waals surface area contributed by atoms with Gasteiger partial charge in [-0.3, -0.25) is 0 Å². The lowest BCUT2D eigenvalue weighted by Gasteiger charge is -2.25. The zero-order valence-electron chi connectivity index (χ0n) is 9.06. The molecule has 3 heteroatoms. The maximum absolute atomic E-state index is 12.4. The third-order valence-corrected chi connectivity index (χ3v) is 3.32. The molecule has 1 saturated carbocycles. The van der Waals surface area contributed by atoms with Crippen molar-refractivity contribution in [3.63, 3.8) is 0 Å². The second-order valence-electron chi connectivity index (χ2n) is 4.53. The van der Waals surface area contributed by atoms with E-state index in [4.69, 9.17) is 0 Å². The van der Waals surface area contributed by atoms with Crippen molar-refractivity contribution in [3.8, 4) is 0 Å². The predicted octanol–water partition coefficient (Wildman–Crippen LogP) is 4.44. The summed E-state index contributed by atoms with van der Waals surface area (Å²) < 4.78 is 37.3. The Hall–Kier alpha value is -0.990. The highest BCUT2D eigenvalue weighted by atomic mass is 19.4. The molecule has 1 fully saturated rings. The Morgan fingerprint density at radius 2 is 1.94 bits per heavy atom. The first kappa shape index (κ1) is 11.5. The minimum absolute atomic E-state index is 0.529. The van der Waals surface area contributed by atoms with Crippen molar-refractivity contribution in [2.45, 2.75) is 38.3 Å². The van der Waals surface area contributed by atoms with Crippen LogP contribution in [0.25, 0.3) is 0 Å². The number of halogens is 3. The van der Waals surface area contributed by atoms with Crippen molar-refractivity contribution in [1.82, 2.24) is 0 Å². The van der Waals surface area contributed by atoms with Gasteiger partial charge in [0.25, 0.3) is 0 Å². The standard InChI is InChI=1S/C13H15F3/c14-13(15,16)12-6-2-5-11(9-12)8-7-10-3-1-4-10/h2,5-6,9-10H,1,3-4,7-8H2. The fourth-order valence-corrected chi connectivity index (χ4v) is 2.06. The Bertz CT molecular complexity index is 350. The summed E-state index contributed by atoms with van der Waals surface area (Å²) in [5.74, 6) is 0.745. The molecule has 0 aliphatic heterocycles. The second kappa shape index (κ2) is 4.48. The highest BCUT2D eigenvalue weighted by Gasteiger charge is 2.30. The molecule has 0 heterocycles. The molecule has 0 bridgehead atoms. The maximum Gasteiger partial charge on any atom is 0.416 e. The van der Waals surface area contributed by atoms with E-state index in [0.29, 0.717) is 0 Å². The first-order valence-corrected chi connectivity index (χ1v) is 5.72. The predicted molar refractivity (Wildman–Crippen MR) is 57.1 cm³/mol. The Morgan fingerprint density at radius 3 is 2.50 bits per heavy atom. The lowest BCUT2D eigenvalue weighted by atomic mass is 9.81. The van der Waals surface area contributed by atoms with Gasteiger partial charge in [-0.15, -0.1) is 0 Å². The molecule has 88 valence electrons. The van der Waals surface area contributed by atoms with Crippen LogP contribution in [0.15, 0.2) is 24.3 Å². The fourth-order valence-electron chi connectivity index (χ4n) is 2.06. The van der Waals surface area contributed by atoms with Crippen LogP contribution in [-0.2, 0) is 12.6 Å². The maximum atomic E-state index is 12.4. The monoisotopic (exact) mass is 228 g/mol. The van der Waals surface area contributed by atoms with Gasteiger partial charge in [0.2, 0.25) is 0 Å². The van der Waals surface area contributed by atoms with Crippen molar-refractivity contribution in [2.24, 2.45) is 5.92 Å². The summed E-state index contributed by atoms with van der Waals surface area (Å²) in [7, 11) is 0. The second-order valence-corrected chi connectivity index (χ2v) is 4.53. The lowest BCUT2D eigenvalue weighted by Crippen LogP contribution is -2.12. The van der Waals surface area contributed by atoms with Crippen LogP contribution in [0, 0.1) is 5.92 Å². The summed E-state index contributed by atoms with van der Waals surface area (Å²) in [5.41, 5.74) is 0.278. The third kappa shape index (κ3) is 2.77. The average molecular weight is 228 g/mol. The van der Waals surface area contributed by atoms with Crippen LogP contribution in [0.2, 0.25) is 0 Å². The molecule has 0 unspecified atom stereocenters. The molecule has 0 amide bonds. The van der Waals surface area contributed by atoms with Crippen molar-refractivity contribution in [1.29, 1.82) is 0 Å². The normalized spacial score (nSPS) is 17.2. The number of hydrogen-bond acceptors (Lipinski definition) is 0. The Kier molecular flexibility index (Phi) is 3.22. The van der Waals surface area contributed by atoms with Crippen molar-refractivity contribution >= 4 is 0 Å². The van der Waals surface area contributed by atoms with Crippen molar-refractivity contribution in [3.05, 3.63) is 35.4 Å². The molecule has 1 aromatic carbocycles. The SMILES string of the molecule is FC(F)(F)c1cccc(CCC2CCC2)c1. The average Bonchev–Trinajstić information content (AvgIpc) is 2.14. The molecule has 0 nitrogen and oxygen atoms in total. The summed E-state index contributed by atoms with van der Waals surface area (Å²) in [4.78, 5) is 0. The molecular weight excluding hydrogens is 213 g/mol. The smallest absolute Gasteiger partial charge is 0.166 e. The Labute approximate surface area is 93.5 Å². The highest BCUT2D eigenvalue weighted by Crippen LogP contribution is 2.32. The van der Waals surface area contributed by atoms with E-state index >= 15 is 0 Å². The molecular formula is C13H15F3. The van der Waals surface area contributed by atoms with E-state index in [0.717, 1.165) is 30.4 Å². The van der Waals surface area contributed by atoms with Crippen LogP contribution in [0.1, 0.15) is 36.8 Å². The molecule has 0 N–H and O–H groups in total. The van der Waals surface area contributed by atoms with Crippen molar-refractivity contribution < 1.29 is 13.2 Å². The van der Waals surface area contributed by atoms with Gasteiger partial charge in [-0.25, -0.2) is 0 Å². The van der Waals surface area contributed by atoms with Crippen LogP contribution in [-0.4, -0.2) is 0 Å². The van der Waals surface area contributed by atoms with Gasteiger partial charge in [-0.1, -0.05) is 37.5 Å². The Balaban J connectivity index is 1.98. The molecule has 0 spiro atoms. The molecule has 1 aromatic rings. The van der Waals surface area contributed by atoms with Gasteiger partial charge in [-0.2, -0.15) is 13.2 Å². The minimum atomic E-state index is -4.22. The summed E-state index contributed by atoms with van der Waals surface area (Å²) in [6, 6.07) is 5.69. The van der Waals surface area contributed by atoms with Gasteiger partial charge in [0.05, 0.1) is 5.56 Å². The van der Waals surface area contributed by atoms with Gasteiger partial charge in [0, 0.05) is 0 Å². The van der Waals surface area contributed by atoms with Gasteiger partial charge >= 0.3 is 6.18 Å². The van der Waals surface area contributed by atoms with Gasteiger partial charge in [0.15, 0.2) is 0 Å². The summed E-state index contributed by atoms with van der Waals surface area (Å²) in [5, 5.41) is 0. The first-order chi connectivity index (χ1) is 7.55. The number of hydrogen-bond donors (Lipinski definition) is 0. The van der Waals surface area contributed by atoms with Gasteiger partial charge < -0.3 is 0 Å². The van der Waals surface area contributed by atoms with Crippen LogP contribution in [0.4, 0.5) is 13.2 Å². The van der Waals surface area contributed by atoms with Crippen LogP contribution in [0.5, 0.6) is 0 Å². The zero-order valence-corrected chi connectivity index (χ0v) is 9.06. The number of alkyl halides is 3. The third-order valence-electron chi connectivity index (χ3n) is 3.32. The van der Waals surface area contributed by atoms with Crippen LogP contribution < -0.4 is 0 Å². The summed E-state index contributed by atoms with van der Waals surface area (Å²) >= 11 is 0. The van der Waals surface area contributed by atoms with Crippen LogP contribution in [0.3, 0.4) is 0 Å².